The number of hydrogen-bond acceptors (Lipinski definition) is 4. The van der Waals surface area contributed by atoms with E-state index >= 15 is 0 Å². The highest BCUT2D eigenvalue weighted by molar-refractivity contribution is 7.84. The molecule has 5 rings (SSSR count). The van der Waals surface area contributed by atoms with Crippen LogP contribution in [0.25, 0.3) is 0 Å². The predicted molar refractivity (Wildman–Crippen MR) is 161 cm³/mol. The Morgan fingerprint density at radius 3 is 2.18 bits per heavy atom. The Kier molecular flexibility index (Phi) is 10.1. The molecule has 3 N–H and O–H groups in total. The van der Waals surface area contributed by atoms with Crippen molar-refractivity contribution >= 4 is 10.8 Å². The van der Waals surface area contributed by atoms with Gasteiger partial charge in [-0.3, -0.25) is 4.21 Å². The first-order valence-corrected chi connectivity index (χ1v) is 18.2. The van der Waals surface area contributed by atoms with Gasteiger partial charge in [0.1, 0.15) is 5.75 Å². The summed E-state index contributed by atoms with van der Waals surface area (Å²) in [6.45, 7) is 2.40. The maximum absolute atomic E-state index is 13.0. The molecule has 8 atom stereocenters. The molecule has 0 bridgehead atoms. The van der Waals surface area contributed by atoms with E-state index < -0.39 is 41.8 Å². The van der Waals surface area contributed by atoms with Gasteiger partial charge < -0.3 is 15.3 Å². The maximum atomic E-state index is 13.0. The van der Waals surface area contributed by atoms with Crippen LogP contribution in [0.15, 0.2) is 18.2 Å². The van der Waals surface area contributed by atoms with E-state index in [1.165, 1.54) is 5.56 Å². The summed E-state index contributed by atoms with van der Waals surface area (Å²) in [5.41, 5.74) is 2.20. The third-order valence-corrected chi connectivity index (χ3v) is 13.6. The van der Waals surface area contributed by atoms with Crippen LogP contribution < -0.4 is 0 Å². The minimum atomic E-state index is -5.56. The molecule has 10 heteroatoms. The van der Waals surface area contributed by atoms with E-state index in [9.17, 15) is 41.5 Å². The molecule has 0 radical (unpaired) electrons. The van der Waals surface area contributed by atoms with E-state index in [0.29, 0.717) is 29.9 Å². The zero-order valence-electron chi connectivity index (χ0n) is 25.8. The third kappa shape index (κ3) is 6.47. The number of benzene rings is 1. The smallest absolute Gasteiger partial charge is 0.453 e. The monoisotopic (exact) mass is 648 g/mol. The van der Waals surface area contributed by atoms with E-state index in [1.807, 2.05) is 6.07 Å². The summed E-state index contributed by atoms with van der Waals surface area (Å²) >= 11 is 0. The van der Waals surface area contributed by atoms with Crippen molar-refractivity contribution in [3.05, 3.63) is 29.3 Å². The number of rotatable bonds is 14. The molecule has 4 aliphatic carbocycles. The van der Waals surface area contributed by atoms with Crippen molar-refractivity contribution in [1.29, 1.82) is 0 Å². The van der Waals surface area contributed by atoms with E-state index in [1.54, 1.807) is 12.1 Å². The van der Waals surface area contributed by atoms with Crippen LogP contribution in [0.5, 0.6) is 5.75 Å². The summed E-state index contributed by atoms with van der Waals surface area (Å²) in [7, 11) is -1.38. The quantitative estimate of drug-likeness (QED) is 0.140. The van der Waals surface area contributed by atoms with E-state index in [4.69, 9.17) is 0 Å². The fraction of sp³-hybridized carbons (Fsp3) is 0.824. The molecule has 4 aliphatic rings. The molecule has 44 heavy (non-hydrogen) atoms. The highest BCUT2D eigenvalue weighted by atomic mass is 32.2. The van der Waals surface area contributed by atoms with Crippen molar-refractivity contribution in [2.75, 3.05) is 11.5 Å². The van der Waals surface area contributed by atoms with Crippen molar-refractivity contribution in [2.24, 2.45) is 28.6 Å². The average Bonchev–Trinajstić information content (AvgIpc) is 3.74. The fourth-order valence-corrected chi connectivity index (χ4v) is 10.8. The summed E-state index contributed by atoms with van der Waals surface area (Å²) in [5.74, 6) is -3.23. The second-order valence-electron chi connectivity index (χ2n) is 14.5. The molecule has 0 heterocycles. The average molecular weight is 649 g/mol. The van der Waals surface area contributed by atoms with Gasteiger partial charge >= 0.3 is 12.1 Å². The van der Waals surface area contributed by atoms with Gasteiger partial charge in [0.15, 0.2) is 0 Å². The summed E-state index contributed by atoms with van der Waals surface area (Å²) in [5, 5.41) is 33.1. The molecule has 3 saturated carbocycles. The number of fused-ring (bicyclic) bond motifs is 6. The maximum Gasteiger partial charge on any atom is 0.453 e. The van der Waals surface area contributed by atoms with Gasteiger partial charge in [-0.1, -0.05) is 51.5 Å². The van der Waals surface area contributed by atoms with Crippen LogP contribution in [0.3, 0.4) is 0 Å². The minimum absolute atomic E-state index is 0.0573. The Labute approximate surface area is 260 Å². The van der Waals surface area contributed by atoms with Crippen molar-refractivity contribution in [3.63, 3.8) is 0 Å². The van der Waals surface area contributed by atoms with Crippen molar-refractivity contribution in [3.8, 4) is 5.75 Å². The number of phenolic OH excluding ortho intramolecular Hbond substituents is 1. The first-order valence-electron chi connectivity index (χ1n) is 16.7. The molecule has 4 nitrogen and oxygen atoms in total. The first-order chi connectivity index (χ1) is 20.7. The molecule has 0 amide bonds. The van der Waals surface area contributed by atoms with Gasteiger partial charge in [-0.2, -0.15) is 22.0 Å². The summed E-state index contributed by atoms with van der Waals surface area (Å²) in [6.07, 6.45) is 4.43. The molecule has 0 aliphatic heterocycles. The van der Waals surface area contributed by atoms with Crippen LogP contribution in [0, 0.1) is 28.6 Å². The van der Waals surface area contributed by atoms with Gasteiger partial charge in [0, 0.05) is 34.1 Å². The number of aromatic hydroxyl groups is 1. The number of phenols is 1. The van der Waals surface area contributed by atoms with Gasteiger partial charge in [-0.05, 0) is 104 Å². The summed E-state index contributed by atoms with van der Waals surface area (Å²) in [4.78, 5) is 0. The second-order valence-corrected chi connectivity index (χ2v) is 16.2. The SMILES string of the molecule is C[C@]12CCC3c4ccc(O)cc4[C@H](O)C(CCCCCCCCCS(=O)CCCC(F)(F)C(F)(F)F)C3C1C[C@@H](O)C21CC1. The molecule has 0 saturated heterocycles. The molecular weight excluding hydrogens is 599 g/mol. The second kappa shape index (κ2) is 13.1. The number of alkyl halides is 5. The van der Waals surface area contributed by atoms with Gasteiger partial charge in [0.05, 0.1) is 12.2 Å². The Morgan fingerprint density at radius 1 is 0.886 bits per heavy atom. The van der Waals surface area contributed by atoms with Crippen LogP contribution >= 0.6 is 0 Å². The summed E-state index contributed by atoms with van der Waals surface area (Å²) < 4.78 is 74.7. The number of halogens is 5. The molecule has 1 aromatic carbocycles. The van der Waals surface area contributed by atoms with E-state index in [2.05, 4.69) is 6.92 Å². The normalized spacial score (nSPS) is 33.1. The standard InChI is InChI=1S/C34H49F5O4S/c1-31-15-13-24-23-12-11-22(40)20-26(23)30(42)25(29(24)27(31)21-28(41)32(31)16-17-32)10-7-5-3-2-4-6-8-18-44(43)19-9-14-33(35,36)34(37,38)39/h11-12,20,24-25,27-30,40-42H,2-10,13-19,21H2,1H3/t24?,25?,27?,28-,29?,30-,31+,44?/m1/s1. The number of hydrogen-bond donors (Lipinski definition) is 3. The lowest BCUT2D eigenvalue weighted by Crippen LogP contribution is -2.47. The van der Waals surface area contributed by atoms with Gasteiger partial charge in [0.2, 0.25) is 0 Å². The first kappa shape index (κ1) is 34.1. The Morgan fingerprint density at radius 2 is 1.52 bits per heavy atom. The van der Waals surface area contributed by atoms with Crippen LogP contribution in [0.1, 0.15) is 126 Å². The highest BCUT2D eigenvalue weighted by Crippen LogP contribution is 2.76. The van der Waals surface area contributed by atoms with Gasteiger partial charge in [-0.25, -0.2) is 0 Å². The van der Waals surface area contributed by atoms with Gasteiger partial charge in [0.25, 0.3) is 0 Å². The Bertz CT molecular complexity index is 1170. The molecule has 3 fully saturated rings. The molecule has 250 valence electrons. The molecule has 1 aromatic rings. The van der Waals surface area contributed by atoms with E-state index in [-0.39, 0.29) is 34.4 Å². The van der Waals surface area contributed by atoms with Crippen molar-refractivity contribution in [1.82, 2.24) is 0 Å². The zero-order chi connectivity index (χ0) is 31.9. The third-order valence-electron chi connectivity index (χ3n) is 12.1. The van der Waals surface area contributed by atoms with Crippen LogP contribution in [-0.2, 0) is 10.8 Å². The predicted octanol–water partition coefficient (Wildman–Crippen LogP) is 8.56. The minimum Gasteiger partial charge on any atom is -0.508 e. The van der Waals surface area contributed by atoms with Crippen molar-refractivity contribution < 1.29 is 41.5 Å². The molecule has 0 aromatic heterocycles. The van der Waals surface area contributed by atoms with Gasteiger partial charge in [-0.15, -0.1) is 0 Å². The van der Waals surface area contributed by atoms with Crippen LogP contribution in [0.4, 0.5) is 22.0 Å². The number of aliphatic hydroxyl groups is 2. The largest absolute Gasteiger partial charge is 0.508 e. The highest BCUT2D eigenvalue weighted by Gasteiger charge is 2.71. The van der Waals surface area contributed by atoms with Crippen molar-refractivity contribution in [2.45, 2.75) is 133 Å². The lowest BCUT2D eigenvalue weighted by molar-refractivity contribution is -0.284. The topological polar surface area (TPSA) is 77.8 Å². The molecule has 1 spiro atoms. The summed E-state index contributed by atoms with van der Waals surface area (Å²) in [6, 6.07) is 5.48. The van der Waals surface area contributed by atoms with E-state index in [0.717, 1.165) is 82.6 Å². The Balaban J connectivity index is 1.06. The zero-order valence-corrected chi connectivity index (χ0v) is 26.6. The van der Waals surface area contributed by atoms with Crippen LogP contribution in [0.2, 0.25) is 0 Å². The lowest BCUT2D eigenvalue weighted by atomic mass is 9.50. The molecule has 5 unspecified atom stereocenters. The molecular formula is C34H49F5O4S. The fourth-order valence-electron chi connectivity index (χ4n) is 9.59. The Hall–Kier alpha value is -1.26. The number of unbranched alkanes of at least 4 members (excludes halogenated alkanes) is 6. The van der Waals surface area contributed by atoms with Crippen LogP contribution in [-0.4, -0.2) is 49.2 Å². The lowest BCUT2D eigenvalue weighted by Gasteiger charge is -2.55. The number of aliphatic hydroxyl groups excluding tert-OH is 2.